The van der Waals surface area contributed by atoms with Crippen LogP contribution in [-0.2, 0) is 0 Å². The summed E-state index contributed by atoms with van der Waals surface area (Å²) in [6.07, 6.45) is 0. The van der Waals surface area contributed by atoms with Gasteiger partial charge in [0.05, 0.1) is 7.11 Å². The number of fused-ring (bicyclic) bond motifs is 1. The number of nitrogens with one attached hydrogen (secondary N) is 2. The van der Waals surface area contributed by atoms with Gasteiger partial charge in [0.1, 0.15) is 5.75 Å². The second kappa shape index (κ2) is 7.09. The van der Waals surface area contributed by atoms with E-state index in [1.807, 2.05) is 36.4 Å². The fourth-order valence-corrected chi connectivity index (χ4v) is 2.41. The number of likely N-dealkylation sites (N-methyl/N-ethyl adjacent to an activating group) is 1. The molecule has 2 rings (SSSR count). The van der Waals surface area contributed by atoms with Crippen molar-refractivity contribution >= 4 is 16.7 Å². The minimum absolute atomic E-state index is 0.0568. The number of hydrogen-bond donors (Lipinski definition) is 2. The number of rotatable bonds is 6. The van der Waals surface area contributed by atoms with Crippen LogP contribution >= 0.6 is 0 Å². The molecule has 0 radical (unpaired) electrons. The Labute approximate surface area is 125 Å². The number of hydrogen-bond acceptors (Lipinski definition) is 3. The van der Waals surface area contributed by atoms with E-state index in [1.165, 1.54) is 0 Å². The average Bonchev–Trinajstić information content (AvgIpc) is 2.51. The average molecular weight is 286 g/mol. The van der Waals surface area contributed by atoms with E-state index in [-0.39, 0.29) is 11.9 Å². The van der Waals surface area contributed by atoms with Crippen LogP contribution in [-0.4, -0.2) is 32.1 Å². The van der Waals surface area contributed by atoms with E-state index in [0.717, 1.165) is 23.1 Å². The summed E-state index contributed by atoms with van der Waals surface area (Å²) in [6, 6.07) is 11.7. The molecule has 4 heteroatoms. The Bertz CT molecular complexity index is 625. The summed E-state index contributed by atoms with van der Waals surface area (Å²) < 4.78 is 5.35. The molecule has 0 unspecified atom stereocenters. The lowest BCUT2D eigenvalue weighted by Gasteiger charge is -2.14. The van der Waals surface area contributed by atoms with Crippen LogP contribution in [0, 0.1) is 0 Å². The molecule has 0 aliphatic rings. The first-order valence-electron chi connectivity index (χ1n) is 7.24. The van der Waals surface area contributed by atoms with Gasteiger partial charge in [0, 0.05) is 23.5 Å². The molecule has 21 heavy (non-hydrogen) atoms. The van der Waals surface area contributed by atoms with Crippen LogP contribution in [0.2, 0.25) is 0 Å². The van der Waals surface area contributed by atoms with Gasteiger partial charge in [0.25, 0.3) is 5.91 Å². The number of carbonyl (C=O) groups excluding carboxylic acids is 1. The molecule has 0 bridgehead atoms. The van der Waals surface area contributed by atoms with Gasteiger partial charge >= 0.3 is 0 Å². The zero-order chi connectivity index (χ0) is 15.2. The molecule has 1 atom stereocenters. The lowest BCUT2D eigenvalue weighted by Crippen LogP contribution is -2.38. The molecule has 2 aromatic carbocycles. The zero-order valence-corrected chi connectivity index (χ0v) is 12.8. The standard InChI is InChI=1S/C17H22N2O2/c1-4-18-12(2)11-19-17(20)15-9-10-16(21-3)14-8-6-5-7-13(14)15/h5-10,12,18H,4,11H2,1-3H3,(H,19,20)/t12-/m1/s1. The Balaban J connectivity index is 2.24. The molecular formula is C17H22N2O2. The molecule has 0 aliphatic carbocycles. The Morgan fingerprint density at radius 1 is 1.19 bits per heavy atom. The van der Waals surface area contributed by atoms with E-state index < -0.39 is 0 Å². The van der Waals surface area contributed by atoms with E-state index in [9.17, 15) is 4.79 Å². The van der Waals surface area contributed by atoms with Gasteiger partial charge in [0.15, 0.2) is 0 Å². The topological polar surface area (TPSA) is 50.4 Å². The van der Waals surface area contributed by atoms with Crippen LogP contribution in [0.3, 0.4) is 0 Å². The molecule has 0 aromatic heterocycles. The van der Waals surface area contributed by atoms with Gasteiger partial charge in [-0.15, -0.1) is 0 Å². The van der Waals surface area contributed by atoms with Gasteiger partial charge in [-0.3, -0.25) is 4.79 Å². The predicted octanol–water partition coefficient (Wildman–Crippen LogP) is 2.58. The molecular weight excluding hydrogens is 264 g/mol. The van der Waals surface area contributed by atoms with E-state index in [2.05, 4.69) is 24.5 Å². The van der Waals surface area contributed by atoms with Crippen molar-refractivity contribution in [2.24, 2.45) is 0 Å². The minimum atomic E-state index is -0.0568. The molecule has 2 N–H and O–H groups in total. The second-order valence-electron chi connectivity index (χ2n) is 5.03. The number of amides is 1. The van der Waals surface area contributed by atoms with Crippen LogP contribution in [0.1, 0.15) is 24.2 Å². The zero-order valence-electron chi connectivity index (χ0n) is 12.8. The first kappa shape index (κ1) is 15.3. The molecule has 0 aliphatic heterocycles. The van der Waals surface area contributed by atoms with Crippen molar-refractivity contribution in [3.8, 4) is 5.75 Å². The predicted molar refractivity (Wildman–Crippen MR) is 86.0 cm³/mol. The molecule has 4 nitrogen and oxygen atoms in total. The van der Waals surface area contributed by atoms with Crippen molar-refractivity contribution in [2.75, 3.05) is 20.2 Å². The summed E-state index contributed by atoms with van der Waals surface area (Å²) in [5.74, 6) is 0.724. The molecule has 0 saturated heterocycles. The van der Waals surface area contributed by atoms with Crippen molar-refractivity contribution in [3.63, 3.8) is 0 Å². The van der Waals surface area contributed by atoms with Crippen molar-refractivity contribution < 1.29 is 9.53 Å². The molecule has 2 aromatic rings. The smallest absolute Gasteiger partial charge is 0.251 e. The van der Waals surface area contributed by atoms with Gasteiger partial charge in [0.2, 0.25) is 0 Å². The SMILES string of the molecule is CCN[C@H](C)CNC(=O)c1ccc(OC)c2ccccc12. The molecule has 0 spiro atoms. The summed E-state index contributed by atoms with van der Waals surface area (Å²) in [6.45, 7) is 5.60. The summed E-state index contributed by atoms with van der Waals surface area (Å²) >= 11 is 0. The summed E-state index contributed by atoms with van der Waals surface area (Å²) in [7, 11) is 1.64. The molecule has 112 valence electrons. The number of methoxy groups -OCH3 is 1. The third-order valence-electron chi connectivity index (χ3n) is 3.47. The highest BCUT2D eigenvalue weighted by molar-refractivity contribution is 6.08. The first-order valence-corrected chi connectivity index (χ1v) is 7.24. The van der Waals surface area contributed by atoms with Crippen molar-refractivity contribution in [1.82, 2.24) is 10.6 Å². The number of carbonyl (C=O) groups is 1. The van der Waals surface area contributed by atoms with Crippen molar-refractivity contribution in [2.45, 2.75) is 19.9 Å². The Hall–Kier alpha value is -2.07. The van der Waals surface area contributed by atoms with Crippen LogP contribution < -0.4 is 15.4 Å². The Kier molecular flexibility index (Phi) is 5.17. The molecule has 1 amide bonds. The number of benzene rings is 2. The third kappa shape index (κ3) is 3.52. The first-order chi connectivity index (χ1) is 10.2. The number of ether oxygens (including phenoxy) is 1. The second-order valence-corrected chi connectivity index (χ2v) is 5.03. The third-order valence-corrected chi connectivity index (χ3v) is 3.47. The quantitative estimate of drug-likeness (QED) is 0.858. The van der Waals surface area contributed by atoms with Crippen LogP contribution in [0.25, 0.3) is 10.8 Å². The van der Waals surface area contributed by atoms with E-state index in [1.54, 1.807) is 7.11 Å². The van der Waals surface area contributed by atoms with Crippen LogP contribution in [0.15, 0.2) is 36.4 Å². The fraction of sp³-hybridized carbons (Fsp3) is 0.353. The maximum atomic E-state index is 12.4. The Morgan fingerprint density at radius 3 is 2.57 bits per heavy atom. The van der Waals surface area contributed by atoms with Crippen LogP contribution in [0.4, 0.5) is 0 Å². The van der Waals surface area contributed by atoms with Gasteiger partial charge in [-0.25, -0.2) is 0 Å². The van der Waals surface area contributed by atoms with Gasteiger partial charge in [-0.1, -0.05) is 31.2 Å². The van der Waals surface area contributed by atoms with Crippen molar-refractivity contribution in [1.29, 1.82) is 0 Å². The highest BCUT2D eigenvalue weighted by Crippen LogP contribution is 2.28. The summed E-state index contributed by atoms with van der Waals surface area (Å²) in [5.41, 5.74) is 0.676. The van der Waals surface area contributed by atoms with Gasteiger partial charge < -0.3 is 15.4 Å². The maximum Gasteiger partial charge on any atom is 0.251 e. The lowest BCUT2D eigenvalue weighted by molar-refractivity contribution is 0.0952. The molecule has 0 heterocycles. The summed E-state index contributed by atoms with van der Waals surface area (Å²) in [5, 5.41) is 8.10. The highest BCUT2D eigenvalue weighted by atomic mass is 16.5. The molecule has 0 fully saturated rings. The maximum absolute atomic E-state index is 12.4. The highest BCUT2D eigenvalue weighted by Gasteiger charge is 2.13. The van der Waals surface area contributed by atoms with E-state index >= 15 is 0 Å². The Morgan fingerprint density at radius 2 is 1.90 bits per heavy atom. The normalized spacial score (nSPS) is 12.1. The van der Waals surface area contributed by atoms with Gasteiger partial charge in [-0.05, 0) is 31.0 Å². The monoisotopic (exact) mass is 286 g/mol. The van der Waals surface area contributed by atoms with E-state index in [0.29, 0.717) is 12.1 Å². The van der Waals surface area contributed by atoms with Gasteiger partial charge in [-0.2, -0.15) is 0 Å². The fourth-order valence-electron chi connectivity index (χ4n) is 2.41. The molecule has 0 saturated carbocycles. The van der Waals surface area contributed by atoms with Crippen molar-refractivity contribution in [3.05, 3.63) is 42.0 Å². The lowest BCUT2D eigenvalue weighted by atomic mass is 10.0. The largest absolute Gasteiger partial charge is 0.496 e. The van der Waals surface area contributed by atoms with E-state index in [4.69, 9.17) is 4.74 Å². The summed E-state index contributed by atoms with van der Waals surface area (Å²) in [4.78, 5) is 12.4. The van der Waals surface area contributed by atoms with Crippen LogP contribution in [0.5, 0.6) is 5.75 Å². The minimum Gasteiger partial charge on any atom is -0.496 e.